The fourth-order valence-corrected chi connectivity index (χ4v) is 3.29. The van der Waals surface area contributed by atoms with Crippen LogP contribution in [0, 0.1) is 5.92 Å². The van der Waals surface area contributed by atoms with Gasteiger partial charge in [-0.25, -0.2) is 9.78 Å². The number of aromatic nitrogens is 1. The van der Waals surface area contributed by atoms with Gasteiger partial charge >= 0.3 is 12.1 Å². The molecule has 2 rings (SSSR count). The van der Waals surface area contributed by atoms with E-state index in [0.29, 0.717) is 30.8 Å². The molecule has 1 heterocycles. The van der Waals surface area contributed by atoms with E-state index in [2.05, 4.69) is 10.3 Å². The molecular weight excluding hydrogens is 404 g/mol. The minimum atomic E-state index is -0.902. The highest BCUT2D eigenvalue weighted by Gasteiger charge is 2.32. The van der Waals surface area contributed by atoms with Crippen molar-refractivity contribution < 1.29 is 23.9 Å². The monoisotopic (exact) mass is 432 g/mol. The second kappa shape index (κ2) is 11.4. The lowest BCUT2D eigenvalue weighted by atomic mass is 9.97. The van der Waals surface area contributed by atoms with Gasteiger partial charge in [-0.1, -0.05) is 36.8 Å². The molecule has 0 spiro atoms. The van der Waals surface area contributed by atoms with E-state index >= 15 is 0 Å². The summed E-state index contributed by atoms with van der Waals surface area (Å²) in [5, 5.41) is 4.68. The number of carbonyl (C=O) groups is 3. The zero-order valence-corrected chi connectivity index (χ0v) is 18.4. The number of Topliss-reactive ketones (excluding diaryl/α,β-unsaturated/α-hetero) is 1. The maximum atomic E-state index is 12.7. The Morgan fingerprint density at radius 1 is 1.13 bits per heavy atom. The molecule has 0 saturated heterocycles. The number of thiazole rings is 1. The summed E-state index contributed by atoms with van der Waals surface area (Å²) in [6.07, 6.45) is 2.54. The van der Waals surface area contributed by atoms with Gasteiger partial charge in [0.1, 0.15) is 18.1 Å². The standard InChI is InChI=1S/C22H28N2O5S/c1-22(2,3)29-20(26)17(18(25)19-23-13-14-30-19)11-7-8-12-24-21(27)28-15-16-9-5-4-6-10-16/h4-6,9-10,13-14,17H,7-8,11-12,15H2,1-3H3,(H,24,27)/t17-/m0/s1. The molecule has 1 amide bonds. The molecule has 0 radical (unpaired) electrons. The SMILES string of the molecule is CC(C)(C)OC(=O)[C@@H](CCCCNC(=O)OCc1ccccc1)C(=O)c1nccs1. The molecule has 162 valence electrons. The molecule has 8 heteroatoms. The first kappa shape index (κ1) is 23.5. The van der Waals surface area contributed by atoms with Crippen molar-refractivity contribution >= 4 is 29.2 Å². The summed E-state index contributed by atoms with van der Waals surface area (Å²) in [5.41, 5.74) is 0.233. The maximum absolute atomic E-state index is 12.7. The third-order valence-corrected chi connectivity index (χ3v) is 4.84. The molecule has 0 aliphatic rings. The zero-order chi connectivity index (χ0) is 22.0. The van der Waals surface area contributed by atoms with Crippen LogP contribution in [0.5, 0.6) is 0 Å². The largest absolute Gasteiger partial charge is 0.459 e. The second-order valence-corrected chi connectivity index (χ2v) is 8.67. The topological polar surface area (TPSA) is 94.6 Å². The lowest BCUT2D eigenvalue weighted by Gasteiger charge is -2.23. The van der Waals surface area contributed by atoms with Gasteiger partial charge < -0.3 is 14.8 Å². The number of hydrogen-bond donors (Lipinski definition) is 1. The summed E-state index contributed by atoms with van der Waals surface area (Å²) < 4.78 is 10.6. The van der Waals surface area contributed by atoms with E-state index in [1.54, 1.807) is 26.2 Å². The summed E-state index contributed by atoms with van der Waals surface area (Å²) in [6.45, 7) is 5.89. The highest BCUT2D eigenvalue weighted by molar-refractivity contribution is 7.11. The van der Waals surface area contributed by atoms with E-state index in [0.717, 1.165) is 5.56 Å². The predicted octanol–water partition coefficient (Wildman–Crippen LogP) is 4.38. The van der Waals surface area contributed by atoms with E-state index in [1.165, 1.54) is 17.5 Å². The van der Waals surface area contributed by atoms with Crippen LogP contribution in [0.3, 0.4) is 0 Å². The first-order valence-electron chi connectivity index (χ1n) is 9.87. The van der Waals surface area contributed by atoms with Gasteiger partial charge in [0.15, 0.2) is 5.01 Å². The molecule has 1 N–H and O–H groups in total. The van der Waals surface area contributed by atoms with Gasteiger partial charge in [0, 0.05) is 18.1 Å². The van der Waals surface area contributed by atoms with Crippen LogP contribution in [0.2, 0.25) is 0 Å². The third-order valence-electron chi connectivity index (χ3n) is 4.05. The van der Waals surface area contributed by atoms with Crippen molar-refractivity contribution in [1.82, 2.24) is 10.3 Å². The normalized spacial score (nSPS) is 12.1. The van der Waals surface area contributed by atoms with Crippen molar-refractivity contribution in [2.45, 2.75) is 52.2 Å². The molecule has 0 unspecified atom stereocenters. The summed E-state index contributed by atoms with van der Waals surface area (Å²) >= 11 is 1.20. The molecule has 30 heavy (non-hydrogen) atoms. The minimum absolute atomic E-state index is 0.204. The average molecular weight is 433 g/mol. The van der Waals surface area contributed by atoms with Crippen molar-refractivity contribution in [3.05, 3.63) is 52.5 Å². The van der Waals surface area contributed by atoms with E-state index in [-0.39, 0.29) is 12.4 Å². The fraction of sp³-hybridized carbons (Fsp3) is 0.455. The first-order valence-corrected chi connectivity index (χ1v) is 10.8. The van der Waals surface area contributed by atoms with Crippen LogP contribution in [0.15, 0.2) is 41.9 Å². The number of amides is 1. The van der Waals surface area contributed by atoms with E-state index in [9.17, 15) is 14.4 Å². The van der Waals surface area contributed by atoms with E-state index in [1.807, 2.05) is 30.3 Å². The summed E-state index contributed by atoms with van der Waals surface area (Å²) in [4.78, 5) is 41.0. The van der Waals surface area contributed by atoms with Crippen molar-refractivity contribution in [3.63, 3.8) is 0 Å². The lowest BCUT2D eigenvalue weighted by Crippen LogP contribution is -2.33. The number of alkyl carbamates (subject to hydrolysis) is 1. The number of nitrogens with one attached hydrogen (secondary N) is 1. The van der Waals surface area contributed by atoms with Gasteiger partial charge in [0.25, 0.3) is 0 Å². The molecule has 1 atom stereocenters. The Balaban J connectivity index is 1.77. The molecule has 2 aromatic rings. The second-order valence-electron chi connectivity index (χ2n) is 7.77. The average Bonchev–Trinajstić information content (AvgIpc) is 3.23. The molecule has 0 fully saturated rings. The Kier molecular flexibility index (Phi) is 8.98. The number of ketones is 1. The molecule has 0 aliphatic heterocycles. The number of esters is 1. The van der Waals surface area contributed by atoms with Crippen LogP contribution in [0.1, 0.15) is 55.4 Å². The van der Waals surface area contributed by atoms with Gasteiger partial charge in [-0.05, 0) is 39.2 Å². The number of hydrogen-bond acceptors (Lipinski definition) is 7. The summed E-state index contributed by atoms with van der Waals surface area (Å²) in [7, 11) is 0. The Labute approximate surface area is 180 Å². The molecular formula is C22H28N2O5S. The summed E-state index contributed by atoms with van der Waals surface area (Å²) in [6, 6.07) is 9.41. The van der Waals surface area contributed by atoms with Gasteiger partial charge in [0.2, 0.25) is 5.78 Å². The Morgan fingerprint density at radius 2 is 1.87 bits per heavy atom. The summed E-state index contributed by atoms with van der Waals surface area (Å²) in [5.74, 6) is -1.77. The first-order chi connectivity index (χ1) is 14.3. The Morgan fingerprint density at radius 3 is 2.50 bits per heavy atom. The number of ether oxygens (including phenoxy) is 2. The molecule has 1 aromatic carbocycles. The van der Waals surface area contributed by atoms with Crippen molar-refractivity contribution in [2.75, 3.05) is 6.54 Å². The number of nitrogens with zero attached hydrogens (tertiary/aromatic N) is 1. The number of carbonyl (C=O) groups excluding carboxylic acids is 3. The highest BCUT2D eigenvalue weighted by atomic mass is 32.1. The smallest absolute Gasteiger partial charge is 0.407 e. The van der Waals surface area contributed by atoms with Crippen LogP contribution in [-0.4, -0.2) is 35.0 Å². The Bertz CT molecular complexity index is 816. The molecule has 0 saturated carbocycles. The number of rotatable bonds is 10. The molecule has 0 aliphatic carbocycles. The zero-order valence-electron chi connectivity index (χ0n) is 17.6. The van der Waals surface area contributed by atoms with Crippen molar-refractivity contribution in [1.29, 1.82) is 0 Å². The highest BCUT2D eigenvalue weighted by Crippen LogP contribution is 2.21. The van der Waals surface area contributed by atoms with Crippen LogP contribution in [0.25, 0.3) is 0 Å². The lowest BCUT2D eigenvalue weighted by molar-refractivity contribution is -0.158. The van der Waals surface area contributed by atoms with Gasteiger partial charge in [-0.2, -0.15) is 0 Å². The molecule has 0 bridgehead atoms. The van der Waals surface area contributed by atoms with Crippen molar-refractivity contribution in [2.24, 2.45) is 5.92 Å². The predicted molar refractivity (Wildman–Crippen MR) is 114 cm³/mol. The van der Waals surface area contributed by atoms with Crippen LogP contribution >= 0.6 is 11.3 Å². The van der Waals surface area contributed by atoms with E-state index < -0.39 is 23.6 Å². The van der Waals surface area contributed by atoms with Crippen molar-refractivity contribution in [3.8, 4) is 0 Å². The third kappa shape index (κ3) is 8.32. The van der Waals surface area contributed by atoms with Crippen LogP contribution in [0.4, 0.5) is 4.79 Å². The molecule has 1 aromatic heterocycles. The van der Waals surface area contributed by atoms with E-state index in [4.69, 9.17) is 9.47 Å². The van der Waals surface area contributed by atoms with Crippen LogP contribution < -0.4 is 5.32 Å². The Hall–Kier alpha value is -2.74. The number of benzene rings is 1. The van der Waals surface area contributed by atoms with Gasteiger partial charge in [-0.15, -0.1) is 11.3 Å². The van der Waals surface area contributed by atoms with Gasteiger partial charge in [0.05, 0.1) is 0 Å². The number of unbranched alkanes of at least 4 members (excludes halogenated alkanes) is 1. The quantitative estimate of drug-likeness (QED) is 0.259. The maximum Gasteiger partial charge on any atom is 0.407 e. The fourth-order valence-electron chi connectivity index (χ4n) is 2.66. The van der Waals surface area contributed by atoms with Gasteiger partial charge in [-0.3, -0.25) is 9.59 Å². The van der Waals surface area contributed by atoms with Crippen LogP contribution in [-0.2, 0) is 20.9 Å². The minimum Gasteiger partial charge on any atom is -0.459 e. The molecule has 7 nitrogen and oxygen atoms in total.